The second-order valence-corrected chi connectivity index (χ2v) is 5.20. The van der Waals surface area contributed by atoms with Gasteiger partial charge in [-0.15, -0.1) is 0 Å². The third-order valence-electron chi connectivity index (χ3n) is 3.07. The summed E-state index contributed by atoms with van der Waals surface area (Å²) in [5.41, 5.74) is 1.15. The van der Waals surface area contributed by atoms with Gasteiger partial charge in [0.05, 0.1) is 0 Å². The number of ether oxygens (including phenoxy) is 3. The number of hydrogen-bond donors (Lipinski definition) is 0. The fraction of sp³-hybridized carbons (Fsp3) is 0.250. The van der Waals surface area contributed by atoms with Gasteiger partial charge in [0.1, 0.15) is 19.0 Å². The number of fused-ring (bicyclic) bond motifs is 1. The lowest BCUT2D eigenvalue weighted by atomic mass is 10.2. The third kappa shape index (κ3) is 2.99. The van der Waals surface area contributed by atoms with Gasteiger partial charge < -0.3 is 14.2 Å². The Kier molecular flexibility index (Phi) is 3.70. The van der Waals surface area contributed by atoms with Crippen molar-refractivity contribution >= 4 is 11.6 Å². The van der Waals surface area contributed by atoms with E-state index in [1.54, 1.807) is 12.1 Å². The van der Waals surface area contributed by atoms with Crippen molar-refractivity contribution in [3.05, 3.63) is 53.1 Å². The zero-order valence-corrected chi connectivity index (χ0v) is 11.9. The van der Waals surface area contributed by atoms with Crippen LogP contribution < -0.4 is 14.2 Å². The highest BCUT2D eigenvalue weighted by molar-refractivity contribution is 6.30. The molecule has 0 bridgehead atoms. The number of aryl methyl sites for hydroxylation is 1. The van der Waals surface area contributed by atoms with E-state index in [0.29, 0.717) is 18.2 Å². The Bertz CT molecular complexity index is 595. The predicted octanol–water partition coefficient (Wildman–Crippen LogP) is 3.87. The minimum absolute atomic E-state index is 0.111. The molecule has 20 heavy (non-hydrogen) atoms. The van der Waals surface area contributed by atoms with Gasteiger partial charge in [0.2, 0.25) is 0 Å². The van der Waals surface area contributed by atoms with Crippen LogP contribution in [-0.2, 0) is 0 Å². The normalized spacial score (nSPS) is 16.8. The number of hydrogen-bond acceptors (Lipinski definition) is 3. The summed E-state index contributed by atoms with van der Waals surface area (Å²) in [6.45, 7) is 2.95. The first-order valence-electron chi connectivity index (χ1n) is 6.49. The number of benzene rings is 2. The molecule has 0 amide bonds. The quantitative estimate of drug-likeness (QED) is 0.859. The van der Waals surface area contributed by atoms with Crippen molar-refractivity contribution < 1.29 is 14.2 Å². The molecule has 3 nitrogen and oxygen atoms in total. The summed E-state index contributed by atoms with van der Waals surface area (Å²) >= 11 is 5.83. The minimum Gasteiger partial charge on any atom is -0.490 e. The topological polar surface area (TPSA) is 27.7 Å². The summed E-state index contributed by atoms with van der Waals surface area (Å²) in [6.07, 6.45) is -0.111. The van der Waals surface area contributed by atoms with Crippen LogP contribution in [0.3, 0.4) is 0 Å². The summed E-state index contributed by atoms with van der Waals surface area (Å²) in [7, 11) is 0. The molecule has 1 aliphatic heterocycles. The summed E-state index contributed by atoms with van der Waals surface area (Å²) < 4.78 is 17.2. The number of halogens is 1. The molecule has 0 spiro atoms. The molecule has 0 aromatic heterocycles. The molecule has 0 saturated heterocycles. The highest BCUT2D eigenvalue weighted by Crippen LogP contribution is 2.32. The Labute approximate surface area is 123 Å². The maximum atomic E-state index is 5.88. The van der Waals surface area contributed by atoms with Crippen LogP contribution in [0.25, 0.3) is 0 Å². The molecule has 1 atom stereocenters. The Hall–Kier alpha value is -1.87. The zero-order chi connectivity index (χ0) is 13.9. The van der Waals surface area contributed by atoms with E-state index in [1.165, 1.54) is 0 Å². The largest absolute Gasteiger partial charge is 0.490 e. The third-order valence-corrected chi connectivity index (χ3v) is 3.32. The SMILES string of the molecule is Cc1ccc2c(c1)OC(COc1ccc(Cl)cc1)CO2. The van der Waals surface area contributed by atoms with Crippen molar-refractivity contribution in [2.75, 3.05) is 13.2 Å². The molecule has 0 aliphatic carbocycles. The molecule has 0 N–H and O–H groups in total. The zero-order valence-electron chi connectivity index (χ0n) is 11.1. The molecular formula is C16H15ClO3. The Morgan fingerprint density at radius 2 is 1.95 bits per heavy atom. The van der Waals surface area contributed by atoms with Gasteiger partial charge >= 0.3 is 0 Å². The van der Waals surface area contributed by atoms with Crippen molar-refractivity contribution in [2.45, 2.75) is 13.0 Å². The minimum atomic E-state index is -0.111. The van der Waals surface area contributed by atoms with E-state index < -0.39 is 0 Å². The second-order valence-electron chi connectivity index (χ2n) is 4.77. The van der Waals surface area contributed by atoms with Gasteiger partial charge in [-0.05, 0) is 48.9 Å². The molecule has 1 unspecified atom stereocenters. The first kappa shape index (κ1) is 13.1. The van der Waals surface area contributed by atoms with Gasteiger partial charge in [-0.1, -0.05) is 17.7 Å². The Morgan fingerprint density at radius 3 is 2.75 bits per heavy atom. The average molecular weight is 291 g/mol. The monoisotopic (exact) mass is 290 g/mol. The van der Waals surface area contributed by atoms with Crippen LogP contribution in [0, 0.1) is 6.92 Å². The second kappa shape index (κ2) is 5.63. The molecule has 0 fully saturated rings. The van der Waals surface area contributed by atoms with E-state index in [4.69, 9.17) is 25.8 Å². The molecule has 2 aromatic carbocycles. The van der Waals surface area contributed by atoms with Gasteiger partial charge in [-0.25, -0.2) is 0 Å². The van der Waals surface area contributed by atoms with E-state index >= 15 is 0 Å². The Balaban J connectivity index is 1.61. The summed E-state index contributed by atoms with van der Waals surface area (Å²) in [5, 5.41) is 0.694. The average Bonchev–Trinajstić information content (AvgIpc) is 2.46. The maximum absolute atomic E-state index is 5.88. The first-order valence-corrected chi connectivity index (χ1v) is 6.87. The first-order chi connectivity index (χ1) is 9.70. The van der Waals surface area contributed by atoms with Crippen LogP contribution in [0.15, 0.2) is 42.5 Å². The van der Waals surface area contributed by atoms with E-state index in [2.05, 4.69) is 0 Å². The van der Waals surface area contributed by atoms with Crippen LogP contribution in [0.4, 0.5) is 0 Å². The maximum Gasteiger partial charge on any atom is 0.166 e. The van der Waals surface area contributed by atoms with Crippen molar-refractivity contribution in [3.63, 3.8) is 0 Å². The lowest BCUT2D eigenvalue weighted by Crippen LogP contribution is -2.34. The molecule has 1 heterocycles. The van der Waals surface area contributed by atoms with E-state index in [-0.39, 0.29) is 6.10 Å². The van der Waals surface area contributed by atoms with Crippen molar-refractivity contribution in [1.82, 2.24) is 0 Å². The lowest BCUT2D eigenvalue weighted by molar-refractivity contribution is 0.0535. The molecule has 0 saturated carbocycles. The fourth-order valence-corrected chi connectivity index (χ4v) is 2.15. The van der Waals surface area contributed by atoms with Gasteiger partial charge in [-0.3, -0.25) is 0 Å². The lowest BCUT2D eigenvalue weighted by Gasteiger charge is -2.26. The molecule has 3 rings (SSSR count). The highest BCUT2D eigenvalue weighted by atomic mass is 35.5. The molecule has 4 heteroatoms. The van der Waals surface area contributed by atoms with Crippen LogP contribution in [0.1, 0.15) is 5.56 Å². The smallest absolute Gasteiger partial charge is 0.166 e. The van der Waals surface area contributed by atoms with Crippen LogP contribution in [0.2, 0.25) is 5.02 Å². The summed E-state index contributed by atoms with van der Waals surface area (Å²) in [5.74, 6) is 2.34. The van der Waals surface area contributed by atoms with Crippen molar-refractivity contribution in [2.24, 2.45) is 0 Å². The van der Waals surface area contributed by atoms with Gasteiger partial charge in [0.15, 0.2) is 17.6 Å². The Morgan fingerprint density at radius 1 is 1.15 bits per heavy atom. The van der Waals surface area contributed by atoms with Gasteiger partial charge in [0, 0.05) is 5.02 Å². The highest BCUT2D eigenvalue weighted by Gasteiger charge is 2.21. The van der Waals surface area contributed by atoms with Crippen molar-refractivity contribution in [1.29, 1.82) is 0 Å². The predicted molar refractivity (Wildman–Crippen MR) is 78.0 cm³/mol. The van der Waals surface area contributed by atoms with E-state index in [0.717, 1.165) is 22.8 Å². The summed E-state index contributed by atoms with van der Waals surface area (Å²) in [6, 6.07) is 13.2. The molecule has 1 aliphatic rings. The fourth-order valence-electron chi connectivity index (χ4n) is 2.03. The van der Waals surface area contributed by atoms with Crippen LogP contribution >= 0.6 is 11.6 Å². The van der Waals surface area contributed by atoms with Crippen LogP contribution in [-0.4, -0.2) is 19.3 Å². The molecule has 0 radical (unpaired) electrons. The van der Waals surface area contributed by atoms with E-state index in [1.807, 2.05) is 37.3 Å². The van der Waals surface area contributed by atoms with E-state index in [9.17, 15) is 0 Å². The van der Waals surface area contributed by atoms with Crippen LogP contribution in [0.5, 0.6) is 17.2 Å². The molecular weight excluding hydrogens is 276 g/mol. The number of rotatable bonds is 3. The van der Waals surface area contributed by atoms with Crippen molar-refractivity contribution in [3.8, 4) is 17.2 Å². The van der Waals surface area contributed by atoms with Gasteiger partial charge in [0.25, 0.3) is 0 Å². The standard InChI is InChI=1S/C16H15ClO3/c1-11-2-7-15-16(8-11)20-14(10-19-15)9-18-13-5-3-12(17)4-6-13/h2-8,14H,9-10H2,1H3. The molecule has 104 valence electrons. The van der Waals surface area contributed by atoms with Gasteiger partial charge in [-0.2, -0.15) is 0 Å². The summed E-state index contributed by atoms with van der Waals surface area (Å²) in [4.78, 5) is 0. The molecule has 2 aromatic rings.